The maximum Gasteiger partial charge on any atom is 0.306 e. The zero-order valence-corrected chi connectivity index (χ0v) is 37.5. The fraction of sp³-hybridized carbons (Fsp3) is 0.960. The van der Waals surface area contributed by atoms with Crippen molar-refractivity contribution in [2.24, 2.45) is 0 Å². The van der Waals surface area contributed by atoms with Gasteiger partial charge in [0.1, 0.15) is 6.61 Å². The van der Waals surface area contributed by atoms with E-state index < -0.39 is 6.10 Å². The van der Waals surface area contributed by atoms with E-state index in [4.69, 9.17) is 9.47 Å². The Balaban J connectivity index is 3.42. The summed E-state index contributed by atoms with van der Waals surface area (Å²) in [6, 6.07) is 0. The first kappa shape index (κ1) is 53.9. The molecule has 1 atom stereocenters. The molecule has 0 amide bonds. The van der Waals surface area contributed by atoms with Gasteiger partial charge in [0, 0.05) is 12.8 Å². The van der Waals surface area contributed by atoms with Gasteiger partial charge in [0.25, 0.3) is 0 Å². The Morgan fingerprint density at radius 2 is 0.564 bits per heavy atom. The Morgan fingerprint density at radius 3 is 0.800 bits per heavy atom. The topological polar surface area (TPSA) is 72.8 Å². The van der Waals surface area contributed by atoms with Crippen molar-refractivity contribution in [2.45, 2.75) is 296 Å². The second kappa shape index (κ2) is 47.3. The van der Waals surface area contributed by atoms with Gasteiger partial charge in [-0.2, -0.15) is 0 Å². The second-order valence-electron chi connectivity index (χ2n) is 17.3. The minimum absolute atomic E-state index is 0.0560. The summed E-state index contributed by atoms with van der Waals surface area (Å²) in [6.45, 7) is 4.20. The van der Waals surface area contributed by atoms with Gasteiger partial charge in [-0.25, -0.2) is 0 Å². The Bertz CT molecular complexity index is 754. The summed E-state index contributed by atoms with van der Waals surface area (Å²) in [5.41, 5.74) is 0. The Morgan fingerprint density at radius 1 is 0.345 bits per heavy atom. The van der Waals surface area contributed by atoms with Crippen LogP contribution in [-0.4, -0.2) is 36.4 Å². The third-order valence-electron chi connectivity index (χ3n) is 11.7. The third-order valence-corrected chi connectivity index (χ3v) is 11.7. The molecule has 0 saturated heterocycles. The van der Waals surface area contributed by atoms with Crippen LogP contribution >= 0.6 is 0 Å². The molecule has 0 unspecified atom stereocenters. The van der Waals surface area contributed by atoms with Crippen LogP contribution in [0, 0.1) is 0 Å². The lowest BCUT2D eigenvalue weighted by Crippen LogP contribution is -2.28. The lowest BCUT2D eigenvalue weighted by Gasteiger charge is -2.15. The average Bonchev–Trinajstić information content (AvgIpc) is 3.19. The van der Waals surface area contributed by atoms with E-state index in [1.54, 1.807) is 0 Å². The minimum atomic E-state index is -0.763. The maximum atomic E-state index is 12.2. The molecule has 0 aliphatic rings. The highest BCUT2D eigenvalue weighted by atomic mass is 16.6. The summed E-state index contributed by atoms with van der Waals surface area (Å²) in [5.74, 6) is -0.566. The van der Waals surface area contributed by atoms with Gasteiger partial charge in [-0.05, 0) is 12.8 Å². The van der Waals surface area contributed by atoms with Crippen LogP contribution in [0.3, 0.4) is 0 Å². The molecule has 0 heterocycles. The quantitative estimate of drug-likeness (QED) is 0.0492. The highest BCUT2D eigenvalue weighted by molar-refractivity contribution is 5.70. The van der Waals surface area contributed by atoms with E-state index in [9.17, 15) is 14.7 Å². The molecular formula is C50H98O5. The molecular weight excluding hydrogens is 681 g/mol. The van der Waals surface area contributed by atoms with Crippen LogP contribution in [0.5, 0.6) is 0 Å². The van der Waals surface area contributed by atoms with Gasteiger partial charge in [0.15, 0.2) is 6.10 Å². The molecule has 0 spiro atoms. The number of carbonyl (C=O) groups excluding carboxylic acids is 2. The predicted molar refractivity (Wildman–Crippen MR) is 238 cm³/mol. The van der Waals surface area contributed by atoms with Gasteiger partial charge in [0.2, 0.25) is 0 Å². The summed E-state index contributed by atoms with van der Waals surface area (Å²) < 4.78 is 10.7. The van der Waals surface area contributed by atoms with Gasteiger partial charge in [0.05, 0.1) is 6.61 Å². The van der Waals surface area contributed by atoms with E-state index >= 15 is 0 Å². The van der Waals surface area contributed by atoms with Gasteiger partial charge in [-0.3, -0.25) is 9.59 Å². The Labute approximate surface area is 344 Å². The van der Waals surface area contributed by atoms with Crippen LogP contribution < -0.4 is 0 Å². The fourth-order valence-electron chi connectivity index (χ4n) is 7.85. The predicted octanol–water partition coefficient (Wildman–Crippen LogP) is 16.2. The van der Waals surface area contributed by atoms with Crippen LogP contribution in [0.25, 0.3) is 0 Å². The molecule has 0 saturated carbocycles. The van der Waals surface area contributed by atoms with Crippen molar-refractivity contribution < 1.29 is 24.2 Å². The molecule has 0 aliphatic carbocycles. The van der Waals surface area contributed by atoms with E-state index in [1.165, 1.54) is 231 Å². The minimum Gasteiger partial charge on any atom is -0.462 e. The number of hydrogen-bond donors (Lipinski definition) is 1. The van der Waals surface area contributed by atoms with Crippen LogP contribution in [-0.2, 0) is 19.1 Å². The summed E-state index contributed by atoms with van der Waals surface area (Å²) in [7, 11) is 0. The number of rotatable bonds is 47. The normalized spacial score (nSPS) is 12.0. The van der Waals surface area contributed by atoms with Gasteiger partial charge < -0.3 is 14.6 Å². The fourth-order valence-corrected chi connectivity index (χ4v) is 7.85. The highest BCUT2D eigenvalue weighted by Crippen LogP contribution is 2.17. The molecule has 1 N–H and O–H groups in total. The second-order valence-corrected chi connectivity index (χ2v) is 17.3. The summed E-state index contributed by atoms with van der Waals surface area (Å²) in [5, 5.41) is 9.62. The van der Waals surface area contributed by atoms with Crippen molar-refractivity contribution in [3.63, 3.8) is 0 Å². The molecule has 0 fully saturated rings. The smallest absolute Gasteiger partial charge is 0.306 e. The molecule has 0 aromatic heterocycles. The molecule has 0 aliphatic heterocycles. The van der Waals surface area contributed by atoms with Crippen molar-refractivity contribution in [1.82, 2.24) is 0 Å². The number of esters is 2. The number of aliphatic hydroxyl groups is 1. The maximum absolute atomic E-state index is 12.2. The van der Waals surface area contributed by atoms with Crippen LogP contribution in [0.1, 0.15) is 290 Å². The third kappa shape index (κ3) is 45.5. The summed E-state index contributed by atoms with van der Waals surface area (Å²) in [4.78, 5) is 24.4. The number of unbranched alkanes of at least 4 members (excludes halogenated alkanes) is 39. The van der Waals surface area contributed by atoms with Crippen molar-refractivity contribution in [3.8, 4) is 0 Å². The first-order valence-electron chi connectivity index (χ1n) is 25.1. The van der Waals surface area contributed by atoms with E-state index in [1.807, 2.05) is 0 Å². The van der Waals surface area contributed by atoms with Crippen LogP contribution in [0.4, 0.5) is 0 Å². The zero-order valence-electron chi connectivity index (χ0n) is 37.5. The molecule has 0 bridgehead atoms. The van der Waals surface area contributed by atoms with Crippen molar-refractivity contribution in [1.29, 1.82) is 0 Å². The van der Waals surface area contributed by atoms with Crippen LogP contribution in [0.2, 0.25) is 0 Å². The number of carbonyl (C=O) groups is 2. The standard InChI is InChI=1S/C50H98O5/c1-3-5-7-9-11-13-15-17-19-21-23-25-27-28-30-32-34-36-38-40-42-44-49(52)54-47-48(46-51)55-50(53)45-43-41-39-37-35-33-31-29-26-24-22-20-18-16-14-12-10-8-6-4-2/h48,51H,3-47H2,1-2H3/t48-/m0/s1. The highest BCUT2D eigenvalue weighted by Gasteiger charge is 2.16. The first-order valence-corrected chi connectivity index (χ1v) is 25.1. The molecule has 0 radical (unpaired) electrons. The van der Waals surface area contributed by atoms with E-state index in [0.717, 1.165) is 32.1 Å². The molecule has 0 rings (SSSR count). The first-order chi connectivity index (χ1) is 27.1. The van der Waals surface area contributed by atoms with Gasteiger partial charge >= 0.3 is 11.9 Å². The number of ether oxygens (including phenoxy) is 2. The molecule has 0 aromatic carbocycles. The van der Waals surface area contributed by atoms with E-state index in [2.05, 4.69) is 13.8 Å². The van der Waals surface area contributed by atoms with Crippen molar-refractivity contribution in [3.05, 3.63) is 0 Å². The molecule has 5 heteroatoms. The van der Waals surface area contributed by atoms with Gasteiger partial charge in [-0.1, -0.05) is 264 Å². The molecule has 5 nitrogen and oxygen atoms in total. The summed E-state index contributed by atoms with van der Waals surface area (Å²) >= 11 is 0. The van der Waals surface area contributed by atoms with Crippen molar-refractivity contribution >= 4 is 11.9 Å². The molecule has 0 aromatic rings. The lowest BCUT2D eigenvalue weighted by atomic mass is 10.0. The molecule has 55 heavy (non-hydrogen) atoms. The molecule has 328 valence electrons. The van der Waals surface area contributed by atoms with E-state index in [-0.39, 0.29) is 25.2 Å². The number of hydrogen-bond acceptors (Lipinski definition) is 5. The summed E-state index contributed by atoms with van der Waals surface area (Å²) in [6.07, 6.45) is 54.8. The Hall–Kier alpha value is -1.10. The van der Waals surface area contributed by atoms with Gasteiger partial charge in [-0.15, -0.1) is 0 Å². The lowest BCUT2D eigenvalue weighted by molar-refractivity contribution is -0.161. The zero-order chi connectivity index (χ0) is 40.0. The number of aliphatic hydroxyl groups excluding tert-OH is 1. The van der Waals surface area contributed by atoms with Crippen LogP contribution in [0.15, 0.2) is 0 Å². The average molecular weight is 779 g/mol. The monoisotopic (exact) mass is 779 g/mol. The Kier molecular flexibility index (Phi) is 46.3. The van der Waals surface area contributed by atoms with E-state index in [0.29, 0.717) is 12.8 Å². The largest absolute Gasteiger partial charge is 0.462 e. The van der Waals surface area contributed by atoms with Crippen molar-refractivity contribution in [2.75, 3.05) is 13.2 Å². The SMILES string of the molecule is CCCCCCCCCCCCCCCCCCCCCCCC(=O)OC[C@H](CO)OC(=O)CCCCCCCCCCCCCCCCCCCCCC.